The van der Waals surface area contributed by atoms with Crippen molar-refractivity contribution in [1.29, 1.82) is 0 Å². The van der Waals surface area contributed by atoms with Gasteiger partial charge in [0.25, 0.3) is 0 Å². The number of hydrogen-bond donors (Lipinski definition) is 0. The minimum atomic E-state index is -4.05. The van der Waals surface area contributed by atoms with Crippen molar-refractivity contribution < 1.29 is 22.0 Å². The molecule has 1 saturated carbocycles. The predicted octanol–water partition coefficient (Wildman–Crippen LogP) is 6.69. The van der Waals surface area contributed by atoms with Crippen LogP contribution in [0.15, 0.2) is 77.6 Å². The molecule has 1 fully saturated rings. The van der Waals surface area contributed by atoms with Crippen molar-refractivity contribution in [2.75, 3.05) is 6.54 Å². The Bertz CT molecular complexity index is 1900. The van der Waals surface area contributed by atoms with Gasteiger partial charge in [-0.3, -0.25) is 9.78 Å². The van der Waals surface area contributed by atoms with Gasteiger partial charge < -0.3 is 0 Å². The zero-order chi connectivity index (χ0) is 32.1. The first-order valence-corrected chi connectivity index (χ1v) is 16.4. The maximum Gasteiger partial charge on any atom is 0.244 e. The minimum Gasteiger partial charge on any atom is -0.291 e. The predicted molar refractivity (Wildman–Crippen MR) is 166 cm³/mol. The fraction of sp³-hybridized carbons (Fsp3) is 0.333. The summed E-state index contributed by atoms with van der Waals surface area (Å²) in [5, 5.41) is 4.74. The van der Waals surface area contributed by atoms with Crippen molar-refractivity contribution in [2.24, 2.45) is 10.8 Å². The normalized spacial score (nSPS) is 20.0. The number of rotatable bonds is 7. The number of fused-ring (bicyclic) bond motifs is 2. The van der Waals surface area contributed by atoms with Crippen LogP contribution in [-0.4, -0.2) is 50.8 Å². The van der Waals surface area contributed by atoms with Crippen molar-refractivity contribution in [3.63, 3.8) is 0 Å². The van der Waals surface area contributed by atoms with Crippen LogP contribution in [0.2, 0.25) is 5.15 Å². The number of ketones is 1. The van der Waals surface area contributed by atoms with E-state index in [1.54, 1.807) is 23.0 Å². The summed E-state index contributed by atoms with van der Waals surface area (Å²) < 4.78 is 59.6. The van der Waals surface area contributed by atoms with Crippen LogP contribution < -0.4 is 0 Å². The van der Waals surface area contributed by atoms with Crippen LogP contribution in [-0.2, 0) is 16.4 Å². The molecular weight excluding hydrogens is 620 g/mol. The number of nitrogens with zero attached hydrogens (tertiary/aromatic N) is 5. The van der Waals surface area contributed by atoms with Gasteiger partial charge in [0.15, 0.2) is 5.78 Å². The molecule has 0 aliphatic heterocycles. The second-order valence-corrected chi connectivity index (χ2v) is 15.2. The monoisotopic (exact) mass is 651 g/mol. The van der Waals surface area contributed by atoms with E-state index in [1.807, 2.05) is 26.8 Å². The Balaban J connectivity index is 1.46. The highest BCUT2D eigenvalue weighted by molar-refractivity contribution is 7.89. The molecule has 4 aromatic rings. The molecule has 3 heterocycles. The summed E-state index contributed by atoms with van der Waals surface area (Å²) in [6.45, 7) is 6.06. The summed E-state index contributed by atoms with van der Waals surface area (Å²) in [6, 6.07) is 10.6. The number of carbonyl (C=O) groups is 1. The Morgan fingerprint density at radius 2 is 1.82 bits per heavy atom. The van der Waals surface area contributed by atoms with Crippen molar-refractivity contribution >= 4 is 33.5 Å². The van der Waals surface area contributed by atoms with Crippen LogP contribution >= 0.6 is 11.6 Å². The van der Waals surface area contributed by atoms with Crippen molar-refractivity contribution in [3.05, 3.63) is 106 Å². The van der Waals surface area contributed by atoms with Crippen molar-refractivity contribution in [1.82, 2.24) is 24.1 Å². The quantitative estimate of drug-likeness (QED) is 0.163. The van der Waals surface area contributed by atoms with Gasteiger partial charge in [-0.2, -0.15) is 9.40 Å². The lowest BCUT2D eigenvalue weighted by molar-refractivity contribution is 0.0720. The fourth-order valence-corrected chi connectivity index (χ4v) is 8.36. The van der Waals surface area contributed by atoms with E-state index in [0.717, 1.165) is 22.9 Å². The molecule has 2 aliphatic carbocycles. The van der Waals surface area contributed by atoms with E-state index in [4.69, 9.17) is 11.6 Å². The standard InChI is InChI=1S/C33H32ClF2N5O3S/c1-32(2,3)20-40(45(43,44)27-10-11-30(34)38-19-27)26-7-4-22-14-29-21(18-39-41(29)25-8-5-23(35)6-9-25)16-33(22,17-26)31(42)28-15-24(36)12-13-37-28/h5-6,8-15,18-19,26H,4,7,16-17,20H2,1-3H3/t26-,33-/m0/s1. The number of benzene rings is 1. The average molecular weight is 652 g/mol. The Hall–Kier alpha value is -3.80. The third-order valence-electron chi connectivity index (χ3n) is 8.44. The van der Waals surface area contributed by atoms with Crippen molar-refractivity contribution in [2.45, 2.75) is 57.4 Å². The molecule has 12 heteroatoms. The van der Waals surface area contributed by atoms with Crippen LogP contribution in [0.4, 0.5) is 8.78 Å². The molecule has 0 unspecified atom stereocenters. The Labute approximate surface area is 265 Å². The first-order chi connectivity index (χ1) is 21.3. The molecule has 0 saturated heterocycles. The van der Waals surface area contributed by atoms with Gasteiger partial charge >= 0.3 is 0 Å². The molecule has 0 radical (unpaired) electrons. The smallest absolute Gasteiger partial charge is 0.244 e. The van der Waals surface area contributed by atoms with Crippen LogP contribution in [0.5, 0.6) is 0 Å². The van der Waals surface area contributed by atoms with Gasteiger partial charge in [-0.05, 0) is 85.2 Å². The number of aromatic nitrogens is 4. The maximum atomic E-state index is 14.5. The highest BCUT2D eigenvalue weighted by Crippen LogP contribution is 2.51. The zero-order valence-electron chi connectivity index (χ0n) is 25.0. The summed E-state index contributed by atoms with van der Waals surface area (Å²) in [5.41, 5.74) is 1.35. The van der Waals surface area contributed by atoms with Crippen LogP contribution in [0.25, 0.3) is 11.8 Å². The van der Waals surface area contributed by atoms with Gasteiger partial charge in [0.1, 0.15) is 27.4 Å². The molecule has 3 aromatic heterocycles. The zero-order valence-corrected chi connectivity index (χ0v) is 26.6. The second kappa shape index (κ2) is 11.5. The highest BCUT2D eigenvalue weighted by atomic mass is 35.5. The first kappa shape index (κ1) is 31.2. The summed E-state index contributed by atoms with van der Waals surface area (Å²) in [7, 11) is -4.05. The number of halogens is 3. The first-order valence-electron chi connectivity index (χ1n) is 14.6. The van der Waals surface area contributed by atoms with E-state index in [2.05, 4.69) is 15.1 Å². The SMILES string of the molecule is CC(C)(C)CN([C@H]1CCC2=Cc3c(cnn3-c3ccc(F)cc3)C[C@]2(C(=O)c2cc(F)ccn2)C1)S(=O)(=O)c1ccc(Cl)nc1. The summed E-state index contributed by atoms with van der Waals surface area (Å²) in [5.74, 6) is -1.33. The summed E-state index contributed by atoms with van der Waals surface area (Å²) >= 11 is 5.96. The number of Topliss-reactive ketones (excluding diaryl/α,β-unsaturated/α-hetero) is 1. The highest BCUT2D eigenvalue weighted by Gasteiger charge is 2.52. The van der Waals surface area contributed by atoms with Gasteiger partial charge in [0, 0.05) is 31.0 Å². The average Bonchev–Trinajstić information content (AvgIpc) is 3.40. The molecule has 0 spiro atoms. The number of allylic oxidation sites excluding steroid dienone is 1. The molecule has 0 N–H and O–H groups in total. The number of carbonyl (C=O) groups excluding carboxylic acids is 1. The number of sulfonamides is 1. The number of hydrogen-bond acceptors (Lipinski definition) is 6. The molecule has 45 heavy (non-hydrogen) atoms. The molecule has 1 aromatic carbocycles. The molecule has 2 aliphatic rings. The fourth-order valence-electron chi connectivity index (χ4n) is 6.42. The van der Waals surface area contributed by atoms with E-state index in [9.17, 15) is 22.0 Å². The van der Waals surface area contributed by atoms with Gasteiger partial charge in [0.05, 0.1) is 23.0 Å². The minimum absolute atomic E-state index is 0.0103. The molecule has 0 bridgehead atoms. The summed E-state index contributed by atoms with van der Waals surface area (Å²) in [6.07, 6.45) is 7.34. The molecule has 2 atom stereocenters. The van der Waals surface area contributed by atoms with Gasteiger partial charge in [-0.1, -0.05) is 37.9 Å². The van der Waals surface area contributed by atoms with Gasteiger partial charge in [-0.25, -0.2) is 26.9 Å². The van der Waals surface area contributed by atoms with E-state index in [-0.39, 0.29) is 46.7 Å². The second-order valence-electron chi connectivity index (χ2n) is 12.9. The lowest BCUT2D eigenvalue weighted by Gasteiger charge is -2.47. The molecule has 0 amide bonds. The molecule has 6 rings (SSSR count). The van der Waals surface area contributed by atoms with Crippen LogP contribution in [0, 0.1) is 22.5 Å². The maximum absolute atomic E-state index is 14.5. The van der Waals surface area contributed by atoms with Crippen LogP contribution in [0.1, 0.15) is 61.8 Å². The van der Waals surface area contributed by atoms with Gasteiger partial charge in [-0.15, -0.1) is 0 Å². The topological polar surface area (TPSA) is 98.0 Å². The van der Waals surface area contributed by atoms with E-state index >= 15 is 0 Å². The largest absolute Gasteiger partial charge is 0.291 e. The third kappa shape index (κ3) is 5.96. The van der Waals surface area contributed by atoms with Crippen LogP contribution in [0.3, 0.4) is 0 Å². The molecular formula is C33H32ClF2N5O3S. The Kier molecular flexibility index (Phi) is 7.99. The van der Waals surface area contributed by atoms with Gasteiger partial charge in [0.2, 0.25) is 10.0 Å². The summed E-state index contributed by atoms with van der Waals surface area (Å²) in [4.78, 5) is 22.8. The Morgan fingerprint density at radius 3 is 2.49 bits per heavy atom. The number of pyridine rings is 2. The lowest BCUT2D eigenvalue weighted by Crippen LogP contribution is -2.52. The van der Waals surface area contributed by atoms with E-state index < -0.39 is 32.7 Å². The van der Waals surface area contributed by atoms with E-state index in [0.29, 0.717) is 18.5 Å². The Morgan fingerprint density at radius 1 is 1.07 bits per heavy atom. The van der Waals surface area contributed by atoms with E-state index in [1.165, 1.54) is 47.0 Å². The third-order valence-corrected chi connectivity index (χ3v) is 10.5. The lowest BCUT2D eigenvalue weighted by atomic mass is 9.60. The molecule has 234 valence electrons. The van der Waals surface area contributed by atoms with Crippen molar-refractivity contribution in [3.8, 4) is 5.69 Å². The molecule has 8 nitrogen and oxygen atoms in total.